The monoisotopic (exact) mass is 814 g/mol. The van der Waals surface area contributed by atoms with Crippen LogP contribution in [-0.4, -0.2) is 52.3 Å². The lowest BCUT2D eigenvalue weighted by Crippen LogP contribution is -2.16. The molecule has 302 valence electrons. The third-order valence-electron chi connectivity index (χ3n) is 11.5. The van der Waals surface area contributed by atoms with Crippen molar-refractivity contribution in [2.45, 2.75) is 0 Å². The maximum Gasteiger partial charge on any atom is 0.339 e. The fourth-order valence-electron chi connectivity index (χ4n) is 8.81. The van der Waals surface area contributed by atoms with Gasteiger partial charge < -0.3 is 18.9 Å². The van der Waals surface area contributed by atoms with Crippen LogP contribution in [0.15, 0.2) is 158 Å². The summed E-state index contributed by atoms with van der Waals surface area (Å²) in [7, 11) is 5.20. The van der Waals surface area contributed by atoms with Crippen LogP contribution in [0, 0.1) is 0 Å². The Kier molecular flexibility index (Phi) is 10.3. The molecule has 0 saturated heterocycles. The van der Waals surface area contributed by atoms with Crippen molar-refractivity contribution in [1.82, 2.24) is 0 Å². The zero-order valence-corrected chi connectivity index (χ0v) is 34.3. The SMILES string of the molecule is COC(=O)c1c(C(=O)OC)c(-c2ccccc2)c2cc3cc4cc5c(-c6ccccc6)c(C(=O)OC)c(C(=O)OC)c(-c6ccccc6)c5cc4cc3cc2c1-c1ccccc1. The highest BCUT2D eigenvalue weighted by molar-refractivity contribution is 6.26. The lowest BCUT2D eigenvalue weighted by Gasteiger charge is -2.22. The highest BCUT2D eigenvalue weighted by atomic mass is 16.5. The second kappa shape index (κ2) is 16.2. The highest BCUT2D eigenvalue weighted by Gasteiger charge is 2.33. The van der Waals surface area contributed by atoms with Crippen LogP contribution in [0.5, 0.6) is 0 Å². The lowest BCUT2D eigenvalue weighted by atomic mass is 9.81. The van der Waals surface area contributed by atoms with Gasteiger partial charge in [-0.2, -0.15) is 0 Å². The molecule has 62 heavy (non-hydrogen) atoms. The molecule has 9 aromatic carbocycles. The minimum atomic E-state index is -0.677. The first-order valence-electron chi connectivity index (χ1n) is 19.9. The van der Waals surface area contributed by atoms with E-state index in [1.54, 1.807) is 0 Å². The second-order valence-corrected chi connectivity index (χ2v) is 14.8. The summed E-state index contributed by atoms with van der Waals surface area (Å²) in [6.07, 6.45) is 0. The third-order valence-corrected chi connectivity index (χ3v) is 11.5. The Labute approximate surface area is 356 Å². The second-order valence-electron chi connectivity index (χ2n) is 14.8. The first-order chi connectivity index (χ1) is 30.3. The average molecular weight is 815 g/mol. The number of hydrogen-bond acceptors (Lipinski definition) is 8. The van der Waals surface area contributed by atoms with Gasteiger partial charge in [0.15, 0.2) is 0 Å². The van der Waals surface area contributed by atoms with Crippen molar-refractivity contribution in [2.24, 2.45) is 0 Å². The van der Waals surface area contributed by atoms with Crippen LogP contribution in [-0.2, 0) is 18.9 Å². The molecule has 0 atom stereocenters. The molecule has 9 aromatic rings. The number of fused-ring (bicyclic) bond motifs is 4. The Bertz CT molecular complexity index is 2830. The van der Waals surface area contributed by atoms with Gasteiger partial charge in [-0.1, -0.05) is 121 Å². The van der Waals surface area contributed by atoms with Crippen molar-refractivity contribution in [3.8, 4) is 44.5 Å². The standard InChI is InChI=1S/C54H38O8/c1-59-51(55)47-43(31-17-9-5-10-18-31)39-27-35-25-37-29-41-42(30-38(37)26-36(35)28-40(39)44(48(47)52(56)60-2)32-19-11-6-12-20-32)46(34-23-15-8-16-24-34)50(54(58)62-4)49(53(57)61-3)45(41)33-21-13-7-14-22-33/h5-30H,1-4H3. The van der Waals surface area contributed by atoms with Gasteiger partial charge in [-0.3, -0.25) is 0 Å². The molecular weight excluding hydrogens is 777 g/mol. The summed E-state index contributed by atoms with van der Waals surface area (Å²) >= 11 is 0. The normalized spacial score (nSPS) is 11.2. The van der Waals surface area contributed by atoms with E-state index in [9.17, 15) is 19.2 Å². The Balaban J connectivity index is 1.49. The molecule has 8 heteroatoms. The molecule has 0 heterocycles. The number of carbonyl (C=O) groups is 4. The van der Waals surface area contributed by atoms with Crippen LogP contribution in [0.4, 0.5) is 0 Å². The molecule has 0 N–H and O–H groups in total. The Hall–Kier alpha value is -8.10. The van der Waals surface area contributed by atoms with Crippen molar-refractivity contribution in [2.75, 3.05) is 28.4 Å². The van der Waals surface area contributed by atoms with Gasteiger partial charge in [0.05, 0.1) is 50.7 Å². The van der Waals surface area contributed by atoms with Gasteiger partial charge >= 0.3 is 23.9 Å². The maximum atomic E-state index is 14.0. The molecule has 0 aliphatic rings. The number of hydrogen-bond donors (Lipinski definition) is 0. The number of rotatable bonds is 8. The van der Waals surface area contributed by atoms with Gasteiger partial charge in [0.25, 0.3) is 0 Å². The smallest absolute Gasteiger partial charge is 0.339 e. The van der Waals surface area contributed by atoms with Gasteiger partial charge in [0.1, 0.15) is 0 Å². The molecule has 0 saturated carbocycles. The van der Waals surface area contributed by atoms with Crippen LogP contribution in [0.1, 0.15) is 41.4 Å². The van der Waals surface area contributed by atoms with Gasteiger partial charge in [-0.25, -0.2) is 19.2 Å². The van der Waals surface area contributed by atoms with E-state index in [-0.39, 0.29) is 22.3 Å². The summed E-state index contributed by atoms with van der Waals surface area (Å²) in [5.74, 6) is -2.71. The Morgan fingerprint density at radius 3 is 0.661 bits per heavy atom. The number of ether oxygens (including phenoxy) is 4. The molecule has 0 bridgehead atoms. The minimum Gasteiger partial charge on any atom is -0.465 e. The van der Waals surface area contributed by atoms with Crippen LogP contribution < -0.4 is 0 Å². The Morgan fingerprint density at radius 2 is 0.484 bits per heavy atom. The molecule has 8 nitrogen and oxygen atoms in total. The molecule has 0 spiro atoms. The molecule has 0 fully saturated rings. The fraction of sp³-hybridized carbons (Fsp3) is 0.0741. The summed E-state index contributed by atoms with van der Waals surface area (Å²) in [6, 6.07) is 50.2. The summed E-state index contributed by atoms with van der Waals surface area (Å²) in [4.78, 5) is 56.0. The predicted octanol–water partition coefficient (Wildman–Crippen LogP) is 12.1. The summed E-state index contributed by atoms with van der Waals surface area (Å²) in [5, 5.41) is 6.31. The summed E-state index contributed by atoms with van der Waals surface area (Å²) in [6.45, 7) is 0. The Morgan fingerprint density at radius 1 is 0.290 bits per heavy atom. The largest absolute Gasteiger partial charge is 0.465 e. The third kappa shape index (κ3) is 6.49. The minimum absolute atomic E-state index is 0.0979. The first-order valence-corrected chi connectivity index (χ1v) is 19.9. The molecule has 0 amide bonds. The zero-order valence-electron chi connectivity index (χ0n) is 34.3. The molecule has 0 aromatic heterocycles. The van der Waals surface area contributed by atoms with Crippen LogP contribution >= 0.6 is 0 Å². The summed E-state index contributed by atoms with van der Waals surface area (Å²) < 4.78 is 21.6. The molecule has 9 rings (SSSR count). The summed E-state index contributed by atoms with van der Waals surface area (Å²) in [5.41, 5.74) is 5.38. The van der Waals surface area contributed by atoms with Gasteiger partial charge in [0.2, 0.25) is 0 Å². The highest BCUT2D eigenvalue weighted by Crippen LogP contribution is 2.47. The van der Waals surface area contributed by atoms with E-state index in [1.807, 2.05) is 146 Å². The van der Waals surface area contributed by atoms with E-state index in [2.05, 4.69) is 12.1 Å². The van der Waals surface area contributed by atoms with Crippen molar-refractivity contribution in [3.63, 3.8) is 0 Å². The van der Waals surface area contributed by atoms with Crippen molar-refractivity contribution in [1.29, 1.82) is 0 Å². The van der Waals surface area contributed by atoms with E-state index in [1.165, 1.54) is 28.4 Å². The van der Waals surface area contributed by atoms with Crippen LogP contribution in [0.3, 0.4) is 0 Å². The van der Waals surface area contributed by atoms with E-state index >= 15 is 0 Å². The predicted molar refractivity (Wildman–Crippen MR) is 244 cm³/mol. The molecular formula is C54H38O8. The lowest BCUT2D eigenvalue weighted by molar-refractivity contribution is 0.0557. The number of esters is 4. The van der Waals surface area contributed by atoms with E-state index in [0.29, 0.717) is 44.5 Å². The quantitative estimate of drug-likeness (QED) is 0.0848. The average Bonchev–Trinajstić information content (AvgIpc) is 3.33. The molecule has 0 unspecified atom stereocenters. The first kappa shape index (κ1) is 39.4. The zero-order chi connectivity index (χ0) is 43.1. The number of benzene rings is 9. The van der Waals surface area contributed by atoms with Crippen molar-refractivity contribution < 1.29 is 38.1 Å². The van der Waals surface area contributed by atoms with Crippen molar-refractivity contribution >= 4 is 67.0 Å². The maximum absolute atomic E-state index is 14.0. The number of carbonyl (C=O) groups excluding carboxylic acids is 4. The van der Waals surface area contributed by atoms with E-state index in [4.69, 9.17) is 18.9 Å². The molecule has 0 radical (unpaired) electrons. The molecule has 0 aliphatic carbocycles. The number of methoxy groups -OCH3 is 4. The topological polar surface area (TPSA) is 105 Å². The van der Waals surface area contributed by atoms with E-state index in [0.717, 1.165) is 43.1 Å². The van der Waals surface area contributed by atoms with Gasteiger partial charge in [-0.05, 0) is 102 Å². The van der Waals surface area contributed by atoms with E-state index < -0.39 is 23.9 Å². The fourth-order valence-corrected chi connectivity index (χ4v) is 8.81. The van der Waals surface area contributed by atoms with Gasteiger partial charge in [-0.15, -0.1) is 0 Å². The van der Waals surface area contributed by atoms with Crippen LogP contribution in [0.25, 0.3) is 87.6 Å². The van der Waals surface area contributed by atoms with Gasteiger partial charge in [0, 0.05) is 22.3 Å². The van der Waals surface area contributed by atoms with Crippen molar-refractivity contribution in [3.05, 3.63) is 180 Å². The molecule has 0 aliphatic heterocycles. The van der Waals surface area contributed by atoms with Crippen LogP contribution in [0.2, 0.25) is 0 Å².